The van der Waals surface area contributed by atoms with E-state index in [0.717, 1.165) is 25.9 Å². The maximum absolute atomic E-state index is 12.1. The van der Waals surface area contributed by atoms with Crippen LogP contribution in [0.4, 0.5) is 0 Å². The Bertz CT molecular complexity index is 474. The molecular formula is C9H15ClN4O2S. The molecule has 0 unspecified atom stereocenters. The number of rotatable bonds is 3. The van der Waals surface area contributed by atoms with Gasteiger partial charge in [0.25, 0.3) is 10.0 Å². The van der Waals surface area contributed by atoms with Crippen molar-refractivity contribution in [3.8, 4) is 0 Å². The molecule has 0 bridgehead atoms. The van der Waals surface area contributed by atoms with Gasteiger partial charge in [0, 0.05) is 13.1 Å². The van der Waals surface area contributed by atoms with E-state index in [0.29, 0.717) is 0 Å². The normalized spacial score (nSPS) is 18.5. The SMILES string of the molecule is Cn1ncc(Cl)c1S(=O)(=O)NC1CCNCC1. The Balaban J connectivity index is 2.19. The van der Waals surface area contributed by atoms with Crippen LogP contribution in [0.3, 0.4) is 0 Å². The van der Waals surface area contributed by atoms with Gasteiger partial charge in [-0.1, -0.05) is 11.6 Å². The van der Waals surface area contributed by atoms with Crippen LogP contribution in [-0.2, 0) is 17.1 Å². The summed E-state index contributed by atoms with van der Waals surface area (Å²) in [5.74, 6) is 0. The van der Waals surface area contributed by atoms with Gasteiger partial charge in [-0.3, -0.25) is 4.68 Å². The first kappa shape index (κ1) is 12.8. The minimum atomic E-state index is -3.59. The van der Waals surface area contributed by atoms with Crippen LogP contribution in [0.1, 0.15) is 12.8 Å². The van der Waals surface area contributed by atoms with Gasteiger partial charge in [-0.2, -0.15) is 5.10 Å². The summed E-state index contributed by atoms with van der Waals surface area (Å²) in [6.45, 7) is 1.65. The summed E-state index contributed by atoms with van der Waals surface area (Å²) in [5.41, 5.74) is 0. The number of halogens is 1. The number of sulfonamides is 1. The molecule has 0 spiro atoms. The molecule has 8 heteroatoms. The maximum atomic E-state index is 12.1. The van der Waals surface area contributed by atoms with E-state index in [1.807, 2.05) is 0 Å². The summed E-state index contributed by atoms with van der Waals surface area (Å²) in [7, 11) is -2.03. The van der Waals surface area contributed by atoms with E-state index < -0.39 is 10.0 Å². The molecule has 17 heavy (non-hydrogen) atoms. The highest BCUT2D eigenvalue weighted by Crippen LogP contribution is 2.20. The number of aromatic nitrogens is 2. The molecule has 2 rings (SSSR count). The molecule has 1 saturated heterocycles. The van der Waals surface area contributed by atoms with Crippen molar-refractivity contribution < 1.29 is 8.42 Å². The maximum Gasteiger partial charge on any atom is 0.259 e. The van der Waals surface area contributed by atoms with Crippen molar-refractivity contribution in [3.05, 3.63) is 11.2 Å². The van der Waals surface area contributed by atoms with Crippen molar-refractivity contribution in [2.75, 3.05) is 13.1 Å². The number of aryl methyl sites for hydroxylation is 1. The van der Waals surface area contributed by atoms with Gasteiger partial charge in [0.15, 0.2) is 5.03 Å². The van der Waals surface area contributed by atoms with E-state index in [2.05, 4.69) is 15.1 Å². The molecule has 6 nitrogen and oxygen atoms in total. The van der Waals surface area contributed by atoms with Gasteiger partial charge in [-0.15, -0.1) is 0 Å². The zero-order valence-corrected chi connectivity index (χ0v) is 11.1. The van der Waals surface area contributed by atoms with Gasteiger partial charge in [-0.25, -0.2) is 13.1 Å². The lowest BCUT2D eigenvalue weighted by Crippen LogP contribution is -2.43. The van der Waals surface area contributed by atoms with Crippen LogP contribution < -0.4 is 10.0 Å². The van der Waals surface area contributed by atoms with Crippen LogP contribution in [0.5, 0.6) is 0 Å². The van der Waals surface area contributed by atoms with E-state index in [1.54, 1.807) is 7.05 Å². The van der Waals surface area contributed by atoms with Gasteiger partial charge in [0.2, 0.25) is 0 Å². The Morgan fingerprint density at radius 1 is 1.53 bits per heavy atom. The van der Waals surface area contributed by atoms with E-state index in [1.165, 1.54) is 10.9 Å². The van der Waals surface area contributed by atoms with Crippen molar-refractivity contribution in [1.82, 2.24) is 19.8 Å². The Hall–Kier alpha value is -0.630. The fourth-order valence-corrected chi connectivity index (χ4v) is 3.88. The molecule has 0 aromatic carbocycles. The lowest BCUT2D eigenvalue weighted by molar-refractivity contribution is 0.425. The molecule has 2 heterocycles. The molecule has 1 aromatic heterocycles. The minimum absolute atomic E-state index is 0.0256. The molecule has 1 aromatic rings. The first-order valence-electron chi connectivity index (χ1n) is 5.41. The van der Waals surface area contributed by atoms with Crippen LogP contribution >= 0.6 is 11.6 Å². The molecule has 0 amide bonds. The summed E-state index contributed by atoms with van der Waals surface area (Å²) >= 11 is 5.83. The Labute approximate surface area is 105 Å². The van der Waals surface area contributed by atoms with Crippen LogP contribution in [0.15, 0.2) is 11.2 Å². The third-order valence-corrected chi connectivity index (χ3v) is 4.78. The monoisotopic (exact) mass is 278 g/mol. The Morgan fingerprint density at radius 2 is 2.18 bits per heavy atom. The number of nitrogens with zero attached hydrogens (tertiary/aromatic N) is 2. The first-order valence-corrected chi connectivity index (χ1v) is 7.27. The van der Waals surface area contributed by atoms with Crippen molar-refractivity contribution >= 4 is 21.6 Å². The average Bonchev–Trinajstić information content (AvgIpc) is 2.59. The second-order valence-electron chi connectivity index (χ2n) is 4.07. The smallest absolute Gasteiger partial charge is 0.259 e. The molecule has 2 N–H and O–H groups in total. The standard InChI is InChI=1S/C9H15ClN4O2S/c1-14-9(8(10)6-12-14)17(15,16)13-7-2-4-11-5-3-7/h6-7,11,13H,2-5H2,1H3. The highest BCUT2D eigenvalue weighted by molar-refractivity contribution is 7.89. The third-order valence-electron chi connectivity index (χ3n) is 2.76. The molecule has 0 radical (unpaired) electrons. The molecule has 1 aliphatic heterocycles. The quantitative estimate of drug-likeness (QED) is 0.822. The fraction of sp³-hybridized carbons (Fsp3) is 0.667. The fourth-order valence-electron chi connectivity index (χ4n) is 1.92. The average molecular weight is 279 g/mol. The van der Waals surface area contributed by atoms with Gasteiger partial charge < -0.3 is 5.32 Å². The van der Waals surface area contributed by atoms with Crippen molar-refractivity contribution in [2.24, 2.45) is 7.05 Å². The Kier molecular flexibility index (Phi) is 3.72. The predicted octanol–water partition coefficient (Wildman–Crippen LogP) is 0.104. The zero-order valence-electron chi connectivity index (χ0n) is 9.48. The van der Waals surface area contributed by atoms with Crippen molar-refractivity contribution in [1.29, 1.82) is 0 Å². The highest BCUT2D eigenvalue weighted by Gasteiger charge is 2.26. The van der Waals surface area contributed by atoms with Gasteiger partial charge in [0.1, 0.15) is 0 Å². The summed E-state index contributed by atoms with van der Waals surface area (Å²) in [6, 6.07) is -0.0350. The summed E-state index contributed by atoms with van der Waals surface area (Å²) < 4.78 is 28.2. The first-order chi connectivity index (χ1) is 8.00. The number of nitrogens with one attached hydrogen (secondary N) is 2. The summed E-state index contributed by atoms with van der Waals surface area (Å²) in [4.78, 5) is 0. The lowest BCUT2D eigenvalue weighted by Gasteiger charge is -2.23. The third kappa shape index (κ3) is 2.79. The summed E-state index contributed by atoms with van der Waals surface area (Å²) in [5, 5.41) is 7.18. The van der Waals surface area contributed by atoms with Gasteiger partial charge >= 0.3 is 0 Å². The second kappa shape index (κ2) is 4.93. The van der Waals surface area contributed by atoms with Crippen LogP contribution in [-0.4, -0.2) is 37.3 Å². The van der Waals surface area contributed by atoms with E-state index in [-0.39, 0.29) is 16.1 Å². The minimum Gasteiger partial charge on any atom is -0.317 e. The highest BCUT2D eigenvalue weighted by atomic mass is 35.5. The van der Waals surface area contributed by atoms with Crippen LogP contribution in [0.25, 0.3) is 0 Å². The number of hydrogen-bond acceptors (Lipinski definition) is 4. The molecule has 0 atom stereocenters. The molecule has 1 aliphatic rings. The molecule has 1 fully saturated rings. The van der Waals surface area contributed by atoms with Gasteiger partial charge in [-0.05, 0) is 25.9 Å². The van der Waals surface area contributed by atoms with E-state index in [4.69, 9.17) is 11.6 Å². The van der Waals surface area contributed by atoms with E-state index >= 15 is 0 Å². The number of hydrogen-bond donors (Lipinski definition) is 2. The summed E-state index contributed by atoms with van der Waals surface area (Å²) in [6.07, 6.45) is 2.90. The largest absolute Gasteiger partial charge is 0.317 e. The number of piperidine rings is 1. The molecule has 96 valence electrons. The molecule has 0 aliphatic carbocycles. The topological polar surface area (TPSA) is 76.0 Å². The van der Waals surface area contributed by atoms with Crippen molar-refractivity contribution in [2.45, 2.75) is 23.9 Å². The molecular weight excluding hydrogens is 264 g/mol. The second-order valence-corrected chi connectivity index (χ2v) is 6.10. The predicted molar refractivity (Wildman–Crippen MR) is 64.4 cm³/mol. The van der Waals surface area contributed by atoms with Gasteiger partial charge in [0.05, 0.1) is 11.2 Å². The van der Waals surface area contributed by atoms with Crippen molar-refractivity contribution in [3.63, 3.8) is 0 Å². The zero-order chi connectivity index (χ0) is 12.5. The lowest BCUT2D eigenvalue weighted by atomic mass is 10.1. The van der Waals surface area contributed by atoms with E-state index in [9.17, 15) is 8.42 Å². The van der Waals surface area contributed by atoms with Crippen LogP contribution in [0.2, 0.25) is 5.02 Å². The molecule has 0 saturated carbocycles. The van der Waals surface area contributed by atoms with Crippen LogP contribution in [0, 0.1) is 0 Å². The Morgan fingerprint density at radius 3 is 2.71 bits per heavy atom.